The van der Waals surface area contributed by atoms with Crippen molar-refractivity contribution in [1.29, 1.82) is 0 Å². The number of benzene rings is 1. The number of hydrogen-bond acceptors (Lipinski definition) is 6. The van der Waals surface area contributed by atoms with Crippen molar-refractivity contribution in [3.05, 3.63) is 34.4 Å². The van der Waals surface area contributed by atoms with Crippen molar-refractivity contribution >= 4 is 23.3 Å². The lowest BCUT2D eigenvalue weighted by atomic mass is 9.92. The number of likely N-dealkylation sites (tertiary alicyclic amines) is 1. The monoisotopic (exact) mass is 377 g/mol. The fraction of sp³-hybridized carbons (Fsp3) is 0.579. The number of nitrogens with one attached hydrogen (secondary N) is 1. The van der Waals surface area contributed by atoms with Crippen molar-refractivity contribution in [2.24, 2.45) is 11.8 Å². The van der Waals surface area contributed by atoms with Crippen molar-refractivity contribution in [2.45, 2.75) is 33.1 Å². The molecular formula is C19H27N3O5. The summed E-state index contributed by atoms with van der Waals surface area (Å²) in [5.74, 6) is 0.327. The number of rotatable bonds is 8. The molecule has 1 aromatic rings. The molecule has 1 amide bonds. The normalized spacial score (nSPS) is 19.4. The molecule has 27 heavy (non-hydrogen) atoms. The molecule has 0 aliphatic carbocycles. The van der Waals surface area contributed by atoms with Gasteiger partial charge in [0.05, 0.1) is 4.92 Å². The maximum Gasteiger partial charge on any atom is 0.306 e. The van der Waals surface area contributed by atoms with Crippen LogP contribution in [0.5, 0.6) is 0 Å². The van der Waals surface area contributed by atoms with Gasteiger partial charge in [0, 0.05) is 32.1 Å². The second-order valence-corrected chi connectivity index (χ2v) is 7.21. The van der Waals surface area contributed by atoms with Gasteiger partial charge in [0.2, 0.25) is 0 Å². The molecule has 148 valence electrons. The van der Waals surface area contributed by atoms with Crippen LogP contribution in [0.2, 0.25) is 0 Å². The summed E-state index contributed by atoms with van der Waals surface area (Å²) in [6.45, 7) is 5.82. The minimum Gasteiger partial charge on any atom is -0.456 e. The van der Waals surface area contributed by atoms with Gasteiger partial charge < -0.3 is 15.0 Å². The van der Waals surface area contributed by atoms with Crippen LogP contribution in [0, 0.1) is 22.0 Å². The quantitative estimate of drug-likeness (QED) is 0.323. The van der Waals surface area contributed by atoms with E-state index in [0.29, 0.717) is 43.6 Å². The molecule has 1 aliphatic heterocycles. The van der Waals surface area contributed by atoms with Gasteiger partial charge in [-0.2, -0.15) is 0 Å². The zero-order valence-electron chi connectivity index (χ0n) is 15.8. The van der Waals surface area contributed by atoms with Gasteiger partial charge >= 0.3 is 5.97 Å². The molecule has 0 spiro atoms. The molecule has 0 saturated carbocycles. The molecule has 8 heteroatoms. The van der Waals surface area contributed by atoms with Gasteiger partial charge in [0.15, 0.2) is 6.61 Å². The summed E-state index contributed by atoms with van der Waals surface area (Å²) in [6.07, 6.45) is 1.71. The summed E-state index contributed by atoms with van der Waals surface area (Å²) in [5.41, 5.74) is 0.412. The maximum atomic E-state index is 12.2. The van der Waals surface area contributed by atoms with Crippen LogP contribution in [0.3, 0.4) is 0 Å². The van der Waals surface area contributed by atoms with Crippen LogP contribution in [0.1, 0.15) is 33.1 Å². The summed E-state index contributed by atoms with van der Waals surface area (Å²) >= 11 is 0. The number of carbonyl (C=O) groups excluding carboxylic acids is 2. The fourth-order valence-electron chi connectivity index (χ4n) is 3.41. The Bertz CT molecular complexity index is 669. The van der Waals surface area contributed by atoms with E-state index in [1.54, 1.807) is 23.1 Å². The summed E-state index contributed by atoms with van der Waals surface area (Å²) < 4.78 is 5.08. The Hall–Kier alpha value is -2.64. The smallest absolute Gasteiger partial charge is 0.306 e. The van der Waals surface area contributed by atoms with Crippen molar-refractivity contribution in [3.8, 4) is 0 Å². The van der Waals surface area contributed by atoms with Crippen LogP contribution >= 0.6 is 0 Å². The first-order chi connectivity index (χ1) is 12.9. The van der Waals surface area contributed by atoms with Crippen LogP contribution in [0.4, 0.5) is 11.4 Å². The van der Waals surface area contributed by atoms with Crippen LogP contribution in [-0.4, -0.2) is 47.9 Å². The van der Waals surface area contributed by atoms with Gasteiger partial charge in [-0.15, -0.1) is 0 Å². The highest BCUT2D eigenvalue weighted by Gasteiger charge is 2.25. The van der Waals surface area contributed by atoms with E-state index in [-0.39, 0.29) is 24.6 Å². The van der Waals surface area contributed by atoms with E-state index in [1.165, 1.54) is 6.07 Å². The molecule has 0 aromatic heterocycles. The molecule has 2 rings (SSSR count). The molecule has 0 radical (unpaired) electrons. The van der Waals surface area contributed by atoms with Crippen molar-refractivity contribution < 1.29 is 19.2 Å². The summed E-state index contributed by atoms with van der Waals surface area (Å²) in [5, 5.41) is 13.9. The van der Waals surface area contributed by atoms with Crippen LogP contribution < -0.4 is 5.32 Å². The number of amides is 1. The molecule has 0 unspecified atom stereocenters. The molecule has 1 aliphatic rings. The molecule has 0 bridgehead atoms. The average Bonchev–Trinajstić information content (AvgIpc) is 2.62. The zero-order valence-corrected chi connectivity index (χ0v) is 15.8. The third-order valence-corrected chi connectivity index (χ3v) is 4.55. The van der Waals surface area contributed by atoms with E-state index >= 15 is 0 Å². The van der Waals surface area contributed by atoms with E-state index in [9.17, 15) is 19.7 Å². The maximum absolute atomic E-state index is 12.2. The number of piperidine rings is 1. The topological polar surface area (TPSA) is 102 Å². The Kier molecular flexibility index (Phi) is 7.57. The highest BCUT2D eigenvalue weighted by atomic mass is 16.6. The lowest BCUT2D eigenvalue weighted by molar-refractivity contribution is -0.384. The Morgan fingerprint density at radius 1 is 1.26 bits per heavy atom. The van der Waals surface area contributed by atoms with E-state index in [4.69, 9.17) is 4.74 Å². The zero-order chi connectivity index (χ0) is 19.8. The third-order valence-electron chi connectivity index (χ3n) is 4.55. The van der Waals surface area contributed by atoms with Crippen molar-refractivity contribution in [1.82, 2.24) is 4.90 Å². The number of nitro benzene ring substituents is 1. The molecule has 1 heterocycles. The average molecular weight is 377 g/mol. The highest BCUT2D eigenvalue weighted by molar-refractivity contribution is 5.80. The lowest BCUT2D eigenvalue weighted by Crippen LogP contribution is -2.44. The molecule has 1 aromatic carbocycles. The minimum atomic E-state index is -0.454. The van der Waals surface area contributed by atoms with Crippen LogP contribution in [-0.2, 0) is 14.3 Å². The second kappa shape index (κ2) is 9.89. The van der Waals surface area contributed by atoms with Gasteiger partial charge in [-0.3, -0.25) is 19.7 Å². The SMILES string of the molecule is C[C@@H]1C[C@@H](C)CN(C(=O)COC(=O)CCCNc2ccccc2[N+](=O)[O-])C1. The van der Waals surface area contributed by atoms with Gasteiger partial charge in [0.1, 0.15) is 5.69 Å². The summed E-state index contributed by atoms with van der Waals surface area (Å²) in [6, 6.07) is 6.35. The van der Waals surface area contributed by atoms with Gasteiger partial charge in [-0.05, 0) is 30.7 Å². The van der Waals surface area contributed by atoms with Gasteiger partial charge in [0.25, 0.3) is 11.6 Å². The molecule has 1 fully saturated rings. The molecule has 1 N–H and O–H groups in total. The predicted octanol–water partition coefficient (Wildman–Crippen LogP) is 2.83. The van der Waals surface area contributed by atoms with Gasteiger partial charge in [-0.25, -0.2) is 0 Å². The molecular weight excluding hydrogens is 350 g/mol. The van der Waals surface area contributed by atoms with E-state index < -0.39 is 10.9 Å². The van der Waals surface area contributed by atoms with Crippen molar-refractivity contribution in [3.63, 3.8) is 0 Å². The lowest BCUT2D eigenvalue weighted by Gasteiger charge is -2.34. The number of carbonyl (C=O) groups is 2. The van der Waals surface area contributed by atoms with Crippen LogP contribution in [0.25, 0.3) is 0 Å². The second-order valence-electron chi connectivity index (χ2n) is 7.21. The highest BCUT2D eigenvalue weighted by Crippen LogP contribution is 2.23. The molecule has 2 atom stereocenters. The van der Waals surface area contributed by atoms with E-state index in [1.807, 2.05) is 0 Å². The van der Waals surface area contributed by atoms with Crippen LogP contribution in [0.15, 0.2) is 24.3 Å². The number of nitro groups is 1. The number of esters is 1. The first-order valence-electron chi connectivity index (χ1n) is 9.27. The number of hydrogen-bond donors (Lipinski definition) is 1. The number of nitrogens with zero attached hydrogens (tertiary/aromatic N) is 2. The molecule has 8 nitrogen and oxygen atoms in total. The Balaban J connectivity index is 1.67. The summed E-state index contributed by atoms with van der Waals surface area (Å²) in [7, 11) is 0. The fourth-order valence-corrected chi connectivity index (χ4v) is 3.41. The molecule has 1 saturated heterocycles. The van der Waals surface area contributed by atoms with E-state index in [0.717, 1.165) is 6.42 Å². The largest absolute Gasteiger partial charge is 0.456 e. The Labute approximate surface area is 159 Å². The Morgan fingerprint density at radius 2 is 1.93 bits per heavy atom. The first-order valence-corrected chi connectivity index (χ1v) is 9.27. The first kappa shape index (κ1) is 20.7. The predicted molar refractivity (Wildman–Crippen MR) is 101 cm³/mol. The van der Waals surface area contributed by atoms with E-state index in [2.05, 4.69) is 19.2 Å². The summed E-state index contributed by atoms with van der Waals surface area (Å²) in [4.78, 5) is 36.2. The van der Waals surface area contributed by atoms with Gasteiger partial charge in [-0.1, -0.05) is 26.0 Å². The number of ether oxygens (including phenoxy) is 1. The Morgan fingerprint density at radius 3 is 2.59 bits per heavy atom. The third kappa shape index (κ3) is 6.54. The number of para-hydroxylation sites is 2. The minimum absolute atomic E-state index is 0.00402. The standard InChI is InChI=1S/C19H27N3O5/c1-14-10-15(2)12-21(11-14)18(23)13-27-19(24)8-5-9-20-16-6-3-4-7-17(16)22(25)26/h3-4,6-7,14-15,20H,5,8-13H2,1-2H3/t14-,15-/m1/s1. The number of anilines is 1. The van der Waals surface area contributed by atoms with Crippen molar-refractivity contribution in [2.75, 3.05) is 31.6 Å².